The Labute approximate surface area is 74.4 Å². The van der Waals surface area contributed by atoms with Gasteiger partial charge in [-0.05, 0) is 0 Å². The Morgan fingerprint density at radius 3 is 1.00 bits per heavy atom. The molecule has 0 spiro atoms. The Balaban J connectivity index is -0.00000000300. The Morgan fingerprint density at radius 1 is 1.00 bits per heavy atom. The molecular formula is H11BiNO8. The molecule has 10 heteroatoms. The van der Waals surface area contributed by atoms with Gasteiger partial charge in [0.1, 0.15) is 0 Å². The van der Waals surface area contributed by atoms with Crippen molar-refractivity contribution >= 4 is 26.2 Å². The molecule has 9 nitrogen and oxygen atoms in total. The van der Waals surface area contributed by atoms with E-state index in [1.54, 1.807) is 0 Å². The summed E-state index contributed by atoms with van der Waals surface area (Å²) in [6.45, 7) is 0. The summed E-state index contributed by atoms with van der Waals surface area (Å²) >= 11 is 0. The molecule has 0 aromatic heterocycles. The van der Waals surface area contributed by atoms with E-state index in [0.717, 1.165) is 0 Å². The summed E-state index contributed by atoms with van der Waals surface area (Å²) in [5.41, 5.74) is 0. The number of rotatable bonds is 0. The molecule has 0 aliphatic rings. The zero-order chi connectivity index (χ0) is 3.58. The van der Waals surface area contributed by atoms with Gasteiger partial charge in [0.2, 0.25) is 0 Å². The third-order valence-corrected chi connectivity index (χ3v) is 0. The summed E-state index contributed by atoms with van der Waals surface area (Å²) < 4.78 is 0. The van der Waals surface area contributed by atoms with Crippen molar-refractivity contribution in [1.29, 1.82) is 0 Å². The second-order valence-electron chi connectivity index (χ2n) is 0.238. The quantitative estimate of drug-likeness (QED) is 0.254. The van der Waals surface area contributed by atoms with Crippen LogP contribution in [0.2, 0.25) is 0 Å². The molecule has 0 unspecified atom stereocenters. The van der Waals surface area contributed by atoms with E-state index in [1.807, 2.05) is 0 Å². The van der Waals surface area contributed by atoms with Crippen molar-refractivity contribution in [2.45, 2.75) is 0 Å². The fourth-order valence-electron chi connectivity index (χ4n) is 0. The maximum atomic E-state index is 8.36. The van der Waals surface area contributed by atoms with E-state index < -0.39 is 5.09 Å². The summed E-state index contributed by atoms with van der Waals surface area (Å²) in [4.78, 5) is 8.36. The molecule has 0 atom stereocenters. The van der Waals surface area contributed by atoms with Crippen LogP contribution in [0.1, 0.15) is 0 Å². The SMILES string of the molecule is O.O.O.O.O.O=[N+]([O-])O.[Bi]. The second-order valence-corrected chi connectivity index (χ2v) is 0.238. The van der Waals surface area contributed by atoms with Crippen molar-refractivity contribution in [3.8, 4) is 0 Å². The molecule has 0 aromatic rings. The Kier molecular flexibility index (Phi) is 623. The molecule has 10 heavy (non-hydrogen) atoms. The molecule has 0 heterocycles. The first-order chi connectivity index (χ1) is 1.73. The van der Waals surface area contributed by atoms with Crippen molar-refractivity contribution < 1.29 is 37.7 Å². The van der Waals surface area contributed by atoms with Crippen LogP contribution < -0.4 is 0 Å². The van der Waals surface area contributed by atoms with E-state index in [1.165, 1.54) is 0 Å². The van der Waals surface area contributed by atoms with Crippen LogP contribution in [-0.2, 0) is 0 Å². The zero-order valence-corrected chi connectivity index (χ0v) is 8.14. The average Bonchev–Trinajstić information content (AvgIpc) is 0.811. The molecule has 0 saturated heterocycles. The zero-order valence-electron chi connectivity index (χ0n) is 4.66. The summed E-state index contributed by atoms with van der Waals surface area (Å²) in [5.74, 6) is 0. The number of hydrogen-bond donors (Lipinski definition) is 1. The fraction of sp³-hybridized carbons (Fsp3) is 0. The van der Waals surface area contributed by atoms with Gasteiger partial charge in [-0.15, -0.1) is 10.1 Å². The summed E-state index contributed by atoms with van der Waals surface area (Å²) in [7, 11) is 0. The third-order valence-electron chi connectivity index (χ3n) is 0. The molecule has 0 aromatic carbocycles. The predicted octanol–water partition coefficient (Wildman–Crippen LogP) is -4.85. The van der Waals surface area contributed by atoms with Crippen LogP contribution in [0.4, 0.5) is 0 Å². The van der Waals surface area contributed by atoms with E-state index in [-0.39, 0.29) is 53.6 Å². The normalized spacial score (nSPS) is 2.40. The Bertz CT molecular complexity index is 32.2. The number of nitrogens with zero attached hydrogens (tertiary/aromatic N) is 1. The first kappa shape index (κ1) is 93.8. The molecule has 3 radical (unpaired) electrons. The summed E-state index contributed by atoms with van der Waals surface area (Å²) in [6, 6.07) is 0. The van der Waals surface area contributed by atoms with Crippen LogP contribution in [0.25, 0.3) is 0 Å². The van der Waals surface area contributed by atoms with Crippen molar-refractivity contribution in [3.63, 3.8) is 0 Å². The van der Waals surface area contributed by atoms with Gasteiger partial charge in [0.05, 0.1) is 0 Å². The third kappa shape index (κ3) is 27300. The van der Waals surface area contributed by atoms with Crippen LogP contribution in [0.5, 0.6) is 0 Å². The van der Waals surface area contributed by atoms with Gasteiger partial charge in [-0.1, -0.05) is 0 Å². The monoisotopic (exact) mass is 362 g/mol. The molecule has 0 saturated carbocycles. The van der Waals surface area contributed by atoms with Gasteiger partial charge in [-0.2, -0.15) is 0 Å². The largest absolute Gasteiger partial charge is 0.412 e. The summed E-state index contributed by atoms with van der Waals surface area (Å²) in [5, 5.41) is 13.6. The molecule has 0 bridgehead atoms. The summed E-state index contributed by atoms with van der Waals surface area (Å²) in [6.07, 6.45) is 0. The van der Waals surface area contributed by atoms with Gasteiger partial charge in [0.25, 0.3) is 5.09 Å². The van der Waals surface area contributed by atoms with Crippen LogP contribution in [0, 0.1) is 10.1 Å². The van der Waals surface area contributed by atoms with Crippen molar-refractivity contribution in [2.24, 2.45) is 0 Å². The van der Waals surface area contributed by atoms with Crippen molar-refractivity contribution in [3.05, 3.63) is 10.1 Å². The molecule has 0 fully saturated rings. The standard InChI is InChI=1S/Bi.HNO3.5H2O/c;2-1(3)4;;;;;/h;(H,2,3,4);5*1H2. The van der Waals surface area contributed by atoms with Gasteiger partial charge < -0.3 is 32.6 Å². The van der Waals surface area contributed by atoms with Crippen molar-refractivity contribution in [1.82, 2.24) is 0 Å². The minimum atomic E-state index is -1.50. The Morgan fingerprint density at radius 2 is 1.00 bits per heavy atom. The first-order valence-electron chi connectivity index (χ1n) is 0.565. The fourth-order valence-corrected chi connectivity index (χ4v) is 0. The molecule has 11 N–H and O–H groups in total. The van der Waals surface area contributed by atoms with E-state index in [2.05, 4.69) is 0 Å². The van der Waals surface area contributed by atoms with Gasteiger partial charge in [-0.3, -0.25) is 0 Å². The molecule has 0 aliphatic heterocycles. The van der Waals surface area contributed by atoms with Crippen LogP contribution in [-0.4, -0.2) is 63.9 Å². The minimum absolute atomic E-state index is 0. The van der Waals surface area contributed by atoms with Crippen LogP contribution >= 0.6 is 0 Å². The second kappa shape index (κ2) is 66.4. The Hall–Kier alpha value is -0.117. The van der Waals surface area contributed by atoms with E-state index in [4.69, 9.17) is 15.3 Å². The van der Waals surface area contributed by atoms with Crippen LogP contribution in [0.15, 0.2) is 0 Å². The molecule has 0 aliphatic carbocycles. The molecule has 69 valence electrons. The molecule has 0 rings (SSSR count). The topological polar surface area (TPSA) is 221 Å². The maximum absolute atomic E-state index is 8.36. The maximum Gasteiger partial charge on any atom is 0.291 e. The van der Waals surface area contributed by atoms with Crippen LogP contribution in [0.3, 0.4) is 0 Å². The van der Waals surface area contributed by atoms with E-state index >= 15 is 0 Å². The average molecular weight is 362 g/mol. The van der Waals surface area contributed by atoms with Gasteiger partial charge in [-0.25, -0.2) is 0 Å². The van der Waals surface area contributed by atoms with E-state index in [9.17, 15) is 0 Å². The number of hydrogen-bond acceptors (Lipinski definition) is 2. The first-order valence-corrected chi connectivity index (χ1v) is 0.565. The van der Waals surface area contributed by atoms with Gasteiger partial charge in [0, 0.05) is 26.2 Å². The van der Waals surface area contributed by atoms with E-state index in [0.29, 0.717) is 0 Å². The predicted molar refractivity (Wildman–Crippen MR) is 32.6 cm³/mol. The van der Waals surface area contributed by atoms with Gasteiger partial charge >= 0.3 is 0 Å². The minimum Gasteiger partial charge on any atom is -0.412 e. The van der Waals surface area contributed by atoms with Crippen molar-refractivity contribution in [2.75, 3.05) is 0 Å². The smallest absolute Gasteiger partial charge is 0.291 e. The molecular weight excluding hydrogens is 351 g/mol. The molecule has 0 amide bonds. The van der Waals surface area contributed by atoms with Gasteiger partial charge in [0.15, 0.2) is 0 Å².